The van der Waals surface area contributed by atoms with Crippen molar-refractivity contribution in [3.63, 3.8) is 0 Å². The number of aliphatic hydroxyl groups excluding tert-OH is 1. The number of methoxy groups -OCH3 is 1. The summed E-state index contributed by atoms with van der Waals surface area (Å²) in [5, 5.41) is 9.32. The largest absolute Gasteiger partial charge is 0.496 e. The van der Waals surface area contributed by atoms with E-state index < -0.39 is 0 Å². The van der Waals surface area contributed by atoms with Crippen LogP contribution in [0.1, 0.15) is 38.3 Å². The first-order valence-corrected chi connectivity index (χ1v) is 6.80. The van der Waals surface area contributed by atoms with Gasteiger partial charge >= 0.3 is 0 Å². The molecule has 1 aromatic rings. The molecule has 1 heterocycles. The Morgan fingerprint density at radius 3 is 2.42 bits per heavy atom. The minimum absolute atomic E-state index is 0.0820. The van der Waals surface area contributed by atoms with E-state index in [9.17, 15) is 5.11 Å². The summed E-state index contributed by atoms with van der Waals surface area (Å²) in [4.78, 5) is 0. The number of hydrogen-bond acceptors (Lipinski definition) is 3. The summed E-state index contributed by atoms with van der Waals surface area (Å²) in [6.07, 6.45) is 0.719. The average Bonchev–Trinajstić information content (AvgIpc) is 2.32. The first kappa shape index (κ1) is 14.4. The maximum atomic E-state index is 9.32. The van der Waals surface area contributed by atoms with Gasteiger partial charge in [0.1, 0.15) is 5.75 Å². The van der Waals surface area contributed by atoms with Crippen LogP contribution in [0.5, 0.6) is 5.75 Å². The third-order valence-corrected chi connectivity index (χ3v) is 3.98. The van der Waals surface area contributed by atoms with Crippen LogP contribution in [0, 0.1) is 0 Å². The second-order valence-electron chi connectivity index (χ2n) is 6.41. The zero-order chi connectivity index (χ0) is 14.1. The van der Waals surface area contributed by atoms with Crippen molar-refractivity contribution in [2.45, 2.75) is 38.0 Å². The van der Waals surface area contributed by atoms with Gasteiger partial charge in [0.25, 0.3) is 0 Å². The fourth-order valence-corrected chi connectivity index (χ4v) is 2.59. The van der Waals surface area contributed by atoms with Crippen molar-refractivity contribution in [1.82, 2.24) is 0 Å². The lowest BCUT2D eigenvalue weighted by atomic mass is 9.73. The Morgan fingerprint density at radius 2 is 2.00 bits per heavy atom. The second kappa shape index (κ2) is 5.14. The molecule has 0 saturated carbocycles. The van der Waals surface area contributed by atoms with Crippen molar-refractivity contribution in [2.24, 2.45) is 0 Å². The summed E-state index contributed by atoms with van der Waals surface area (Å²) in [6.45, 7) is 8.11. The summed E-state index contributed by atoms with van der Waals surface area (Å²) >= 11 is 0. The van der Waals surface area contributed by atoms with Gasteiger partial charge in [-0.2, -0.15) is 0 Å². The van der Waals surface area contributed by atoms with Gasteiger partial charge in [0, 0.05) is 17.6 Å². The predicted molar refractivity (Wildman–Crippen MR) is 75.9 cm³/mol. The Balaban J connectivity index is 2.47. The van der Waals surface area contributed by atoms with Gasteiger partial charge in [-0.15, -0.1) is 0 Å². The van der Waals surface area contributed by atoms with Crippen molar-refractivity contribution < 1.29 is 14.6 Å². The molecule has 0 atom stereocenters. The molecule has 2 rings (SSSR count). The highest BCUT2D eigenvalue weighted by molar-refractivity contribution is 5.45. The Bertz CT molecular complexity index is 442. The van der Waals surface area contributed by atoms with E-state index in [1.165, 1.54) is 11.1 Å². The zero-order valence-corrected chi connectivity index (χ0v) is 12.3. The average molecular weight is 264 g/mol. The number of benzene rings is 1. The topological polar surface area (TPSA) is 38.7 Å². The van der Waals surface area contributed by atoms with Gasteiger partial charge in [-0.05, 0) is 23.5 Å². The van der Waals surface area contributed by atoms with E-state index in [0.29, 0.717) is 13.2 Å². The molecule has 106 valence electrons. The van der Waals surface area contributed by atoms with Crippen molar-refractivity contribution in [3.05, 3.63) is 29.3 Å². The summed E-state index contributed by atoms with van der Waals surface area (Å²) in [5.41, 5.74) is 2.48. The van der Waals surface area contributed by atoms with Crippen LogP contribution in [0.4, 0.5) is 0 Å². The molecule has 0 aliphatic carbocycles. The molecule has 1 aromatic carbocycles. The van der Waals surface area contributed by atoms with Crippen molar-refractivity contribution in [1.29, 1.82) is 0 Å². The molecule has 19 heavy (non-hydrogen) atoms. The smallest absolute Gasteiger partial charge is 0.122 e. The molecule has 3 nitrogen and oxygen atoms in total. The molecule has 1 N–H and O–H groups in total. The van der Waals surface area contributed by atoms with E-state index in [4.69, 9.17) is 9.47 Å². The highest BCUT2D eigenvalue weighted by Crippen LogP contribution is 2.42. The number of ether oxygens (including phenoxy) is 2. The summed E-state index contributed by atoms with van der Waals surface area (Å²) in [5.74, 6) is 0.893. The van der Waals surface area contributed by atoms with Crippen LogP contribution in [0.25, 0.3) is 0 Å². The van der Waals surface area contributed by atoms with Gasteiger partial charge < -0.3 is 14.6 Å². The molecular formula is C16H24O3. The Labute approximate surface area is 115 Å². The molecule has 1 aliphatic rings. The lowest BCUT2D eigenvalue weighted by Crippen LogP contribution is -2.47. The lowest BCUT2D eigenvalue weighted by Gasteiger charge is -2.42. The number of aliphatic hydroxyl groups is 1. The van der Waals surface area contributed by atoms with Gasteiger partial charge in [-0.25, -0.2) is 0 Å². The van der Waals surface area contributed by atoms with Gasteiger partial charge in [-0.1, -0.05) is 32.9 Å². The quantitative estimate of drug-likeness (QED) is 0.908. The summed E-state index contributed by atoms with van der Waals surface area (Å²) in [6, 6.07) is 6.37. The van der Waals surface area contributed by atoms with E-state index in [0.717, 1.165) is 12.2 Å². The van der Waals surface area contributed by atoms with Crippen LogP contribution in [0.2, 0.25) is 0 Å². The molecule has 0 spiro atoms. The second-order valence-corrected chi connectivity index (χ2v) is 6.41. The molecule has 0 radical (unpaired) electrons. The monoisotopic (exact) mass is 264 g/mol. The van der Waals surface area contributed by atoms with Crippen LogP contribution in [0.15, 0.2) is 18.2 Å². The molecule has 1 saturated heterocycles. The predicted octanol–water partition coefficient (Wildman–Crippen LogP) is 2.64. The SMILES string of the molecule is COc1ccc(C(C)(C)C)cc1C1(CCO)COC1. The molecule has 0 amide bonds. The van der Waals surface area contributed by atoms with E-state index in [-0.39, 0.29) is 17.4 Å². The third-order valence-electron chi connectivity index (χ3n) is 3.98. The van der Waals surface area contributed by atoms with Gasteiger partial charge in [-0.3, -0.25) is 0 Å². The Morgan fingerprint density at radius 1 is 1.32 bits per heavy atom. The van der Waals surface area contributed by atoms with Crippen LogP contribution < -0.4 is 4.74 Å². The normalized spacial score (nSPS) is 17.9. The Kier molecular flexibility index (Phi) is 3.88. The van der Waals surface area contributed by atoms with E-state index in [2.05, 4.69) is 32.9 Å². The fraction of sp³-hybridized carbons (Fsp3) is 0.625. The number of hydrogen-bond donors (Lipinski definition) is 1. The molecular weight excluding hydrogens is 240 g/mol. The Hall–Kier alpha value is -1.06. The van der Waals surface area contributed by atoms with Gasteiger partial charge in [0.2, 0.25) is 0 Å². The van der Waals surface area contributed by atoms with Crippen molar-refractivity contribution in [3.8, 4) is 5.75 Å². The van der Waals surface area contributed by atoms with Crippen molar-refractivity contribution in [2.75, 3.05) is 26.9 Å². The van der Waals surface area contributed by atoms with Crippen LogP contribution in [-0.2, 0) is 15.6 Å². The fourth-order valence-electron chi connectivity index (χ4n) is 2.59. The summed E-state index contributed by atoms with van der Waals surface area (Å²) < 4.78 is 10.9. The highest BCUT2D eigenvalue weighted by atomic mass is 16.5. The molecule has 1 aliphatic heterocycles. The number of rotatable bonds is 4. The molecule has 3 heteroatoms. The maximum Gasteiger partial charge on any atom is 0.122 e. The van der Waals surface area contributed by atoms with E-state index in [1.807, 2.05) is 6.07 Å². The molecule has 0 unspecified atom stereocenters. The van der Waals surface area contributed by atoms with Gasteiger partial charge in [0.05, 0.1) is 20.3 Å². The maximum absolute atomic E-state index is 9.32. The lowest BCUT2D eigenvalue weighted by molar-refractivity contribution is -0.0710. The van der Waals surface area contributed by atoms with Crippen molar-refractivity contribution >= 4 is 0 Å². The first-order chi connectivity index (χ1) is 8.93. The molecule has 0 aromatic heterocycles. The molecule has 0 bridgehead atoms. The highest BCUT2D eigenvalue weighted by Gasteiger charge is 2.42. The van der Waals surface area contributed by atoms with Crippen LogP contribution in [-0.4, -0.2) is 32.0 Å². The zero-order valence-electron chi connectivity index (χ0n) is 12.3. The summed E-state index contributed by atoms with van der Waals surface area (Å²) in [7, 11) is 1.70. The molecule has 1 fully saturated rings. The van der Waals surface area contributed by atoms with E-state index in [1.54, 1.807) is 7.11 Å². The minimum Gasteiger partial charge on any atom is -0.496 e. The van der Waals surface area contributed by atoms with Gasteiger partial charge in [0.15, 0.2) is 0 Å². The van der Waals surface area contributed by atoms with Crippen LogP contribution >= 0.6 is 0 Å². The third kappa shape index (κ3) is 2.63. The first-order valence-electron chi connectivity index (χ1n) is 6.80. The standard InChI is InChI=1S/C16H24O3/c1-15(2,3)12-5-6-14(18-4)13(9-12)16(7-8-17)10-19-11-16/h5-6,9,17H,7-8,10-11H2,1-4H3. The van der Waals surface area contributed by atoms with Crippen LogP contribution in [0.3, 0.4) is 0 Å². The van der Waals surface area contributed by atoms with E-state index >= 15 is 0 Å². The minimum atomic E-state index is -0.0820.